The van der Waals surface area contributed by atoms with Crippen molar-refractivity contribution in [3.63, 3.8) is 0 Å². The van der Waals surface area contributed by atoms with E-state index in [0.29, 0.717) is 10.6 Å². The van der Waals surface area contributed by atoms with Crippen LogP contribution in [0.5, 0.6) is 0 Å². The van der Waals surface area contributed by atoms with Gasteiger partial charge in [0.25, 0.3) is 0 Å². The molecule has 1 heterocycles. The molecule has 1 aromatic heterocycles. The molecule has 0 aliphatic rings. The second kappa shape index (κ2) is 6.53. The van der Waals surface area contributed by atoms with Gasteiger partial charge < -0.3 is 4.90 Å². The fourth-order valence-corrected chi connectivity index (χ4v) is 2.30. The number of hydrogen-bond donors (Lipinski definition) is 0. The molecule has 3 nitrogen and oxygen atoms in total. The van der Waals surface area contributed by atoms with E-state index in [4.69, 9.17) is 11.6 Å². The van der Waals surface area contributed by atoms with E-state index in [0.717, 1.165) is 36.5 Å². The molecule has 0 aliphatic heterocycles. The standard InChI is InChI=1S/C16H17ClN2O/c1-3-19(10-14-6-4-5-12(2)18-14)15-8-7-13(11-20)16(17)9-15/h4-9,11H,3,10H2,1-2H3. The van der Waals surface area contributed by atoms with Gasteiger partial charge in [0.15, 0.2) is 6.29 Å². The number of anilines is 1. The van der Waals surface area contributed by atoms with Gasteiger partial charge in [-0.3, -0.25) is 9.78 Å². The first-order valence-electron chi connectivity index (χ1n) is 6.56. The van der Waals surface area contributed by atoms with Gasteiger partial charge in [-0.25, -0.2) is 0 Å². The Kier molecular flexibility index (Phi) is 4.74. The van der Waals surface area contributed by atoms with Crippen molar-refractivity contribution in [1.82, 2.24) is 4.98 Å². The van der Waals surface area contributed by atoms with Crippen LogP contribution in [0.25, 0.3) is 0 Å². The highest BCUT2D eigenvalue weighted by Gasteiger charge is 2.09. The van der Waals surface area contributed by atoms with Crippen molar-refractivity contribution in [1.29, 1.82) is 0 Å². The Labute approximate surface area is 124 Å². The molecule has 1 aromatic carbocycles. The molecule has 0 bridgehead atoms. The molecule has 2 aromatic rings. The minimum atomic E-state index is 0.480. The van der Waals surface area contributed by atoms with Crippen LogP contribution in [0.15, 0.2) is 36.4 Å². The van der Waals surface area contributed by atoms with Gasteiger partial charge in [-0.05, 0) is 44.2 Å². The van der Waals surface area contributed by atoms with Crippen molar-refractivity contribution in [2.75, 3.05) is 11.4 Å². The number of benzene rings is 1. The fourth-order valence-electron chi connectivity index (χ4n) is 2.08. The third-order valence-electron chi connectivity index (χ3n) is 3.16. The second-order valence-electron chi connectivity index (χ2n) is 4.61. The number of carbonyl (C=O) groups is 1. The Morgan fingerprint density at radius 3 is 2.70 bits per heavy atom. The minimum Gasteiger partial charge on any atom is -0.366 e. The smallest absolute Gasteiger partial charge is 0.151 e. The Morgan fingerprint density at radius 1 is 1.30 bits per heavy atom. The van der Waals surface area contributed by atoms with E-state index in [1.807, 2.05) is 37.3 Å². The largest absolute Gasteiger partial charge is 0.366 e. The zero-order valence-corrected chi connectivity index (χ0v) is 12.4. The molecule has 0 amide bonds. The molecule has 0 saturated heterocycles. The monoisotopic (exact) mass is 288 g/mol. The molecule has 0 N–H and O–H groups in total. The Bertz CT molecular complexity index is 613. The molecule has 0 saturated carbocycles. The van der Waals surface area contributed by atoms with Crippen molar-refractivity contribution in [2.45, 2.75) is 20.4 Å². The van der Waals surface area contributed by atoms with E-state index < -0.39 is 0 Å². The lowest BCUT2D eigenvalue weighted by atomic mass is 10.2. The van der Waals surface area contributed by atoms with Gasteiger partial charge >= 0.3 is 0 Å². The predicted molar refractivity (Wildman–Crippen MR) is 82.5 cm³/mol. The lowest BCUT2D eigenvalue weighted by Crippen LogP contribution is -2.22. The highest BCUT2D eigenvalue weighted by molar-refractivity contribution is 6.33. The number of hydrogen-bond acceptors (Lipinski definition) is 3. The van der Waals surface area contributed by atoms with Gasteiger partial charge in [0.2, 0.25) is 0 Å². The van der Waals surface area contributed by atoms with E-state index in [1.54, 1.807) is 6.07 Å². The first kappa shape index (κ1) is 14.5. The van der Waals surface area contributed by atoms with Gasteiger partial charge in [0.1, 0.15) is 0 Å². The quantitative estimate of drug-likeness (QED) is 0.783. The Morgan fingerprint density at radius 2 is 2.10 bits per heavy atom. The summed E-state index contributed by atoms with van der Waals surface area (Å²) in [5, 5.41) is 0.480. The van der Waals surface area contributed by atoms with Crippen LogP contribution in [0, 0.1) is 6.92 Å². The Hall–Kier alpha value is -1.87. The third kappa shape index (κ3) is 3.36. The molecule has 0 unspecified atom stereocenters. The average Bonchev–Trinajstić information content (AvgIpc) is 2.44. The van der Waals surface area contributed by atoms with Crippen LogP contribution in [0.3, 0.4) is 0 Å². The number of aryl methyl sites for hydroxylation is 1. The zero-order valence-electron chi connectivity index (χ0n) is 11.6. The van der Waals surface area contributed by atoms with Gasteiger partial charge in [-0.1, -0.05) is 17.7 Å². The number of nitrogens with zero attached hydrogens (tertiary/aromatic N) is 2. The predicted octanol–water partition coefficient (Wildman–Crippen LogP) is 3.88. The summed E-state index contributed by atoms with van der Waals surface area (Å²) in [7, 11) is 0. The maximum atomic E-state index is 10.8. The molecule has 2 rings (SSSR count). The van der Waals surface area contributed by atoms with Crippen LogP contribution in [-0.2, 0) is 6.54 Å². The number of pyridine rings is 1. The lowest BCUT2D eigenvalue weighted by molar-refractivity contribution is 0.112. The van der Waals surface area contributed by atoms with Crippen LogP contribution in [0.4, 0.5) is 5.69 Å². The summed E-state index contributed by atoms with van der Waals surface area (Å²) < 4.78 is 0. The molecule has 4 heteroatoms. The van der Waals surface area contributed by atoms with Crippen molar-refractivity contribution in [3.05, 3.63) is 58.4 Å². The molecule has 0 aliphatic carbocycles. The van der Waals surface area contributed by atoms with Crippen molar-refractivity contribution in [3.8, 4) is 0 Å². The number of aromatic nitrogens is 1. The number of aldehydes is 1. The fraction of sp³-hybridized carbons (Fsp3) is 0.250. The third-order valence-corrected chi connectivity index (χ3v) is 3.48. The molecule has 0 radical (unpaired) electrons. The van der Waals surface area contributed by atoms with Crippen LogP contribution in [0.2, 0.25) is 5.02 Å². The van der Waals surface area contributed by atoms with Crippen LogP contribution in [0.1, 0.15) is 28.7 Å². The lowest BCUT2D eigenvalue weighted by Gasteiger charge is -2.23. The molecule has 0 atom stereocenters. The van der Waals surface area contributed by atoms with E-state index in [1.165, 1.54) is 0 Å². The first-order chi connectivity index (χ1) is 9.63. The summed E-state index contributed by atoms with van der Waals surface area (Å²) in [6, 6.07) is 11.5. The van der Waals surface area contributed by atoms with E-state index >= 15 is 0 Å². The van der Waals surface area contributed by atoms with Crippen molar-refractivity contribution < 1.29 is 4.79 Å². The summed E-state index contributed by atoms with van der Waals surface area (Å²) in [4.78, 5) is 17.5. The van der Waals surface area contributed by atoms with E-state index in [2.05, 4.69) is 16.8 Å². The van der Waals surface area contributed by atoms with E-state index in [-0.39, 0.29) is 0 Å². The maximum absolute atomic E-state index is 10.8. The van der Waals surface area contributed by atoms with Crippen molar-refractivity contribution in [2.24, 2.45) is 0 Å². The highest BCUT2D eigenvalue weighted by Crippen LogP contribution is 2.23. The molecule has 104 valence electrons. The maximum Gasteiger partial charge on any atom is 0.151 e. The molecule has 0 spiro atoms. The molecular weight excluding hydrogens is 272 g/mol. The topological polar surface area (TPSA) is 33.2 Å². The summed E-state index contributed by atoms with van der Waals surface area (Å²) in [5.74, 6) is 0. The van der Waals surface area contributed by atoms with Crippen molar-refractivity contribution >= 4 is 23.6 Å². The number of halogens is 1. The van der Waals surface area contributed by atoms with Gasteiger partial charge in [-0.15, -0.1) is 0 Å². The Balaban J connectivity index is 2.24. The normalized spacial score (nSPS) is 10.3. The van der Waals surface area contributed by atoms with E-state index in [9.17, 15) is 4.79 Å². The highest BCUT2D eigenvalue weighted by atomic mass is 35.5. The van der Waals surface area contributed by atoms with Crippen LogP contribution >= 0.6 is 11.6 Å². The SMILES string of the molecule is CCN(Cc1cccc(C)n1)c1ccc(C=O)c(Cl)c1. The molecule has 20 heavy (non-hydrogen) atoms. The summed E-state index contributed by atoms with van der Waals surface area (Å²) in [6.07, 6.45) is 0.768. The average molecular weight is 289 g/mol. The van der Waals surface area contributed by atoms with Gasteiger partial charge in [0, 0.05) is 23.5 Å². The summed E-state index contributed by atoms with van der Waals surface area (Å²) in [5.41, 5.74) is 3.53. The van der Waals surface area contributed by atoms with Gasteiger partial charge in [-0.2, -0.15) is 0 Å². The minimum absolute atomic E-state index is 0.480. The number of rotatable bonds is 5. The molecular formula is C16H17ClN2O. The van der Waals surface area contributed by atoms with Crippen LogP contribution in [-0.4, -0.2) is 17.8 Å². The summed E-state index contributed by atoms with van der Waals surface area (Å²) >= 11 is 6.09. The summed E-state index contributed by atoms with van der Waals surface area (Å²) in [6.45, 7) is 5.62. The van der Waals surface area contributed by atoms with Gasteiger partial charge in [0.05, 0.1) is 17.3 Å². The zero-order chi connectivity index (χ0) is 14.5. The number of carbonyl (C=O) groups excluding carboxylic acids is 1. The molecule has 0 fully saturated rings. The second-order valence-corrected chi connectivity index (χ2v) is 5.02. The van der Waals surface area contributed by atoms with Crippen LogP contribution < -0.4 is 4.90 Å². The first-order valence-corrected chi connectivity index (χ1v) is 6.94.